The first kappa shape index (κ1) is 20.2. The largest absolute Gasteiger partial charge is 0.503 e. The number of nitrogens with one attached hydrogen (secondary N) is 1. The second-order valence-corrected chi connectivity index (χ2v) is 6.73. The lowest BCUT2D eigenvalue weighted by atomic mass is 10.0. The average molecular weight is 380 g/mol. The number of ether oxygens (including phenoxy) is 2. The maximum Gasteiger partial charge on any atom is 0.408 e. The van der Waals surface area contributed by atoms with Crippen molar-refractivity contribution in [3.63, 3.8) is 0 Å². The molecule has 1 aromatic carbocycles. The van der Waals surface area contributed by atoms with Crippen LogP contribution in [-0.4, -0.2) is 41.0 Å². The number of amides is 1. The predicted octanol–water partition coefficient (Wildman–Crippen LogP) is 3.23. The van der Waals surface area contributed by atoms with E-state index in [1.54, 1.807) is 20.8 Å². The summed E-state index contributed by atoms with van der Waals surface area (Å²) in [5, 5.41) is 21.4. The third kappa shape index (κ3) is 5.35. The highest BCUT2D eigenvalue weighted by molar-refractivity contribution is 6.37. The van der Waals surface area contributed by atoms with E-state index in [9.17, 15) is 19.8 Å². The van der Waals surface area contributed by atoms with E-state index in [-0.39, 0.29) is 33.5 Å². The first-order valence-corrected chi connectivity index (χ1v) is 7.68. The number of carbonyl (C=O) groups excluding carboxylic acids is 1. The Labute approximate surface area is 149 Å². The zero-order chi connectivity index (χ0) is 18.7. The van der Waals surface area contributed by atoms with Gasteiger partial charge in [0.2, 0.25) is 0 Å². The van der Waals surface area contributed by atoms with Crippen molar-refractivity contribution in [3.05, 3.63) is 21.7 Å². The van der Waals surface area contributed by atoms with Crippen molar-refractivity contribution in [2.75, 3.05) is 7.11 Å². The highest BCUT2D eigenvalue weighted by Crippen LogP contribution is 2.41. The number of phenols is 1. The van der Waals surface area contributed by atoms with Gasteiger partial charge in [0.05, 0.1) is 12.1 Å². The van der Waals surface area contributed by atoms with Crippen LogP contribution in [0, 0.1) is 0 Å². The summed E-state index contributed by atoms with van der Waals surface area (Å²) < 4.78 is 9.94. The molecule has 0 saturated heterocycles. The van der Waals surface area contributed by atoms with E-state index in [1.807, 2.05) is 0 Å². The Kier molecular flexibility index (Phi) is 6.57. The van der Waals surface area contributed by atoms with Gasteiger partial charge in [-0.3, -0.25) is 0 Å². The minimum absolute atomic E-state index is 0.0562. The minimum Gasteiger partial charge on any atom is -0.503 e. The number of phenolic OH excluding ortho intramolecular Hbond substituents is 1. The number of benzene rings is 1. The van der Waals surface area contributed by atoms with Crippen molar-refractivity contribution in [1.82, 2.24) is 5.32 Å². The fourth-order valence-corrected chi connectivity index (χ4v) is 2.41. The van der Waals surface area contributed by atoms with Gasteiger partial charge in [0.25, 0.3) is 0 Å². The molecular formula is C15H19Cl2NO6. The number of rotatable bonds is 5. The Hall–Kier alpha value is -1.86. The lowest BCUT2D eigenvalue weighted by Gasteiger charge is -2.22. The fraction of sp³-hybridized carbons (Fsp3) is 0.467. The van der Waals surface area contributed by atoms with E-state index in [4.69, 9.17) is 32.7 Å². The molecule has 0 radical (unpaired) electrons. The molecule has 0 aliphatic rings. The molecule has 0 bridgehead atoms. The predicted molar refractivity (Wildman–Crippen MR) is 89.2 cm³/mol. The van der Waals surface area contributed by atoms with Crippen LogP contribution in [0.3, 0.4) is 0 Å². The van der Waals surface area contributed by atoms with Crippen LogP contribution < -0.4 is 10.1 Å². The smallest absolute Gasteiger partial charge is 0.408 e. The Morgan fingerprint density at radius 1 is 1.33 bits per heavy atom. The highest BCUT2D eigenvalue weighted by atomic mass is 35.5. The third-order valence-electron chi connectivity index (χ3n) is 2.87. The van der Waals surface area contributed by atoms with Crippen molar-refractivity contribution in [3.8, 4) is 11.5 Å². The van der Waals surface area contributed by atoms with Crippen molar-refractivity contribution >= 4 is 35.3 Å². The van der Waals surface area contributed by atoms with Gasteiger partial charge in [-0.25, -0.2) is 9.59 Å². The van der Waals surface area contributed by atoms with Gasteiger partial charge in [-0.05, 0) is 26.3 Å². The van der Waals surface area contributed by atoms with Gasteiger partial charge < -0.3 is 25.0 Å². The Balaban J connectivity index is 3.04. The standard InChI is InChI=1S/C15H19Cl2NO6/c1-15(2,3)24-14(22)18-9(13(20)21)5-7-8(16)6-10(23-4)12(19)11(7)17/h6,9,19H,5H2,1-4H3,(H,18,22)(H,20,21). The van der Waals surface area contributed by atoms with Crippen LogP contribution in [0.1, 0.15) is 26.3 Å². The summed E-state index contributed by atoms with van der Waals surface area (Å²) in [6.07, 6.45) is -1.14. The van der Waals surface area contributed by atoms with Gasteiger partial charge >= 0.3 is 12.1 Å². The zero-order valence-electron chi connectivity index (χ0n) is 13.6. The molecule has 1 rings (SSSR count). The van der Waals surface area contributed by atoms with E-state index in [2.05, 4.69) is 5.32 Å². The van der Waals surface area contributed by atoms with Crippen LogP contribution in [-0.2, 0) is 16.0 Å². The van der Waals surface area contributed by atoms with Gasteiger partial charge in [0.15, 0.2) is 11.5 Å². The van der Waals surface area contributed by atoms with Crippen molar-refractivity contribution in [2.24, 2.45) is 0 Å². The monoisotopic (exact) mass is 379 g/mol. The maximum absolute atomic E-state index is 11.8. The topological polar surface area (TPSA) is 105 Å². The molecule has 1 unspecified atom stereocenters. The van der Waals surface area contributed by atoms with E-state index in [1.165, 1.54) is 13.2 Å². The Bertz CT molecular complexity index is 642. The summed E-state index contributed by atoms with van der Waals surface area (Å²) in [4.78, 5) is 23.2. The molecule has 0 fully saturated rings. The number of halogens is 2. The summed E-state index contributed by atoms with van der Waals surface area (Å²) >= 11 is 12.1. The molecule has 0 aliphatic carbocycles. The van der Waals surface area contributed by atoms with Crippen LogP contribution in [0.25, 0.3) is 0 Å². The quantitative estimate of drug-likeness (QED) is 0.725. The summed E-state index contributed by atoms with van der Waals surface area (Å²) in [5.74, 6) is -1.61. The van der Waals surface area contributed by atoms with E-state index >= 15 is 0 Å². The number of carboxylic acids is 1. The fourth-order valence-electron chi connectivity index (χ4n) is 1.82. The Morgan fingerprint density at radius 3 is 2.38 bits per heavy atom. The molecule has 0 heterocycles. The molecule has 0 saturated carbocycles. The SMILES string of the molecule is COc1cc(Cl)c(CC(NC(=O)OC(C)(C)C)C(=O)O)c(Cl)c1O. The normalized spacial score (nSPS) is 12.4. The van der Waals surface area contributed by atoms with Gasteiger partial charge in [0.1, 0.15) is 11.6 Å². The van der Waals surface area contributed by atoms with Crippen LogP contribution in [0.5, 0.6) is 11.5 Å². The average Bonchev–Trinajstić information content (AvgIpc) is 2.43. The molecule has 134 valence electrons. The Morgan fingerprint density at radius 2 is 1.92 bits per heavy atom. The molecule has 9 heteroatoms. The third-order valence-corrected chi connectivity index (χ3v) is 3.61. The summed E-state index contributed by atoms with van der Waals surface area (Å²) in [5.41, 5.74) is -0.610. The molecule has 1 aromatic rings. The highest BCUT2D eigenvalue weighted by Gasteiger charge is 2.27. The number of carboxylic acid groups (broad SMARTS) is 1. The molecule has 1 atom stereocenters. The van der Waals surface area contributed by atoms with Gasteiger partial charge in [0, 0.05) is 17.5 Å². The number of methoxy groups -OCH3 is 1. The van der Waals surface area contributed by atoms with Gasteiger partial charge in [-0.15, -0.1) is 0 Å². The number of carbonyl (C=O) groups is 2. The van der Waals surface area contributed by atoms with Crippen molar-refractivity contribution in [1.29, 1.82) is 0 Å². The first-order valence-electron chi connectivity index (χ1n) is 6.92. The van der Waals surface area contributed by atoms with E-state index in [0.717, 1.165) is 0 Å². The van der Waals surface area contributed by atoms with Gasteiger partial charge in [-0.2, -0.15) is 0 Å². The minimum atomic E-state index is -1.34. The van der Waals surface area contributed by atoms with Crippen molar-refractivity contribution in [2.45, 2.75) is 38.8 Å². The lowest BCUT2D eigenvalue weighted by molar-refractivity contribution is -0.139. The number of hydrogen-bond acceptors (Lipinski definition) is 5. The van der Waals surface area contributed by atoms with Gasteiger partial charge in [-0.1, -0.05) is 23.2 Å². The second-order valence-electron chi connectivity index (χ2n) is 5.94. The van der Waals surface area contributed by atoms with Crippen LogP contribution in [0.2, 0.25) is 10.0 Å². The molecule has 0 aliphatic heterocycles. The maximum atomic E-state index is 11.8. The molecular weight excluding hydrogens is 361 g/mol. The number of aromatic hydroxyl groups is 1. The lowest BCUT2D eigenvalue weighted by Crippen LogP contribution is -2.44. The summed E-state index contributed by atoms with van der Waals surface area (Å²) in [6, 6.07) is -0.0348. The summed E-state index contributed by atoms with van der Waals surface area (Å²) in [6.45, 7) is 4.95. The molecule has 0 aromatic heterocycles. The van der Waals surface area contributed by atoms with Crippen LogP contribution in [0.15, 0.2) is 6.07 Å². The van der Waals surface area contributed by atoms with Crippen LogP contribution >= 0.6 is 23.2 Å². The van der Waals surface area contributed by atoms with Crippen LogP contribution in [0.4, 0.5) is 4.79 Å². The second kappa shape index (κ2) is 7.81. The number of hydrogen-bond donors (Lipinski definition) is 3. The number of alkyl carbamates (subject to hydrolysis) is 1. The zero-order valence-corrected chi connectivity index (χ0v) is 15.2. The van der Waals surface area contributed by atoms with Crippen molar-refractivity contribution < 1.29 is 29.3 Å². The van der Waals surface area contributed by atoms with E-state index < -0.39 is 23.7 Å². The number of aliphatic carboxylic acids is 1. The molecule has 3 N–H and O–H groups in total. The molecule has 24 heavy (non-hydrogen) atoms. The first-order chi connectivity index (χ1) is 11.0. The molecule has 0 spiro atoms. The summed E-state index contributed by atoms with van der Waals surface area (Å²) in [7, 11) is 1.32. The molecule has 7 nitrogen and oxygen atoms in total. The van der Waals surface area contributed by atoms with E-state index in [0.29, 0.717) is 0 Å². The molecule has 1 amide bonds.